The summed E-state index contributed by atoms with van der Waals surface area (Å²) < 4.78 is 40.7. The number of phenolic OH excluding ortho intramolecular Hbond substituents is 1. The lowest BCUT2D eigenvalue weighted by molar-refractivity contribution is -0.384. The van der Waals surface area contributed by atoms with Crippen molar-refractivity contribution in [3.63, 3.8) is 0 Å². The van der Waals surface area contributed by atoms with Crippen molar-refractivity contribution < 1.29 is 28.0 Å². The second-order valence-electron chi connectivity index (χ2n) is 7.58. The molecule has 0 unspecified atom stereocenters. The number of non-ortho nitro benzene ring substituents is 1. The lowest BCUT2D eigenvalue weighted by Gasteiger charge is -2.11. The highest BCUT2D eigenvalue weighted by Crippen LogP contribution is 2.35. The number of rotatable bonds is 7. The number of benzene rings is 3. The first-order chi connectivity index (χ1) is 18.1. The van der Waals surface area contributed by atoms with Gasteiger partial charge in [-0.05, 0) is 36.0 Å². The molecule has 4 aromatic rings. The Labute approximate surface area is 217 Å². The van der Waals surface area contributed by atoms with Gasteiger partial charge in [0.1, 0.15) is 11.4 Å². The number of alkyl halides is 3. The maximum atomic E-state index is 13.6. The van der Waals surface area contributed by atoms with Gasteiger partial charge in [-0.25, -0.2) is 15.4 Å². The van der Waals surface area contributed by atoms with Crippen molar-refractivity contribution in [3.05, 3.63) is 106 Å². The molecule has 0 spiro atoms. The average molecular weight is 539 g/mol. The van der Waals surface area contributed by atoms with Crippen LogP contribution < -0.4 is 5.43 Å². The van der Waals surface area contributed by atoms with E-state index in [1.165, 1.54) is 36.4 Å². The fourth-order valence-corrected chi connectivity index (χ4v) is 4.05. The van der Waals surface area contributed by atoms with Crippen LogP contribution in [0.5, 0.6) is 5.75 Å². The van der Waals surface area contributed by atoms with Crippen LogP contribution in [-0.4, -0.2) is 32.1 Å². The molecule has 9 nitrogen and oxygen atoms in total. The molecule has 1 amide bonds. The van der Waals surface area contributed by atoms with E-state index in [-0.39, 0.29) is 38.3 Å². The van der Waals surface area contributed by atoms with Gasteiger partial charge < -0.3 is 5.11 Å². The van der Waals surface area contributed by atoms with Crippen molar-refractivity contribution in [1.29, 1.82) is 0 Å². The van der Waals surface area contributed by atoms with E-state index in [2.05, 4.69) is 20.5 Å². The number of nitro groups is 1. The Morgan fingerprint density at radius 2 is 1.74 bits per heavy atom. The third kappa shape index (κ3) is 6.31. The van der Waals surface area contributed by atoms with Gasteiger partial charge in [0, 0.05) is 28.2 Å². The van der Waals surface area contributed by atoms with Crippen LogP contribution in [0.25, 0.3) is 11.3 Å². The number of hydrogen-bond donors (Lipinski definition) is 2. The van der Waals surface area contributed by atoms with Gasteiger partial charge >= 0.3 is 6.18 Å². The summed E-state index contributed by atoms with van der Waals surface area (Å²) in [5.74, 6) is -1.02. The highest BCUT2D eigenvalue weighted by Gasteiger charge is 2.34. The monoisotopic (exact) mass is 539 g/mol. The summed E-state index contributed by atoms with van der Waals surface area (Å²) in [6.45, 7) is 0. The van der Waals surface area contributed by atoms with Crippen LogP contribution >= 0.6 is 11.8 Å². The quantitative estimate of drug-likeness (QED) is 0.133. The number of halogens is 3. The van der Waals surface area contributed by atoms with Crippen molar-refractivity contribution in [1.82, 2.24) is 15.4 Å². The minimum Gasteiger partial charge on any atom is -0.507 e. The summed E-state index contributed by atoms with van der Waals surface area (Å²) in [5, 5.41) is 24.6. The average Bonchev–Trinajstić information content (AvgIpc) is 2.89. The summed E-state index contributed by atoms with van der Waals surface area (Å²) in [5.41, 5.74) is 1.29. The molecule has 0 bridgehead atoms. The summed E-state index contributed by atoms with van der Waals surface area (Å²) in [6, 6.07) is 18.5. The molecule has 0 aliphatic carbocycles. The lowest BCUT2D eigenvalue weighted by atomic mass is 10.1. The van der Waals surface area contributed by atoms with Crippen molar-refractivity contribution in [2.24, 2.45) is 5.10 Å². The largest absolute Gasteiger partial charge is 0.507 e. The summed E-state index contributed by atoms with van der Waals surface area (Å²) >= 11 is 0.743. The fraction of sp³-hybridized carbons (Fsp3) is 0.0400. The van der Waals surface area contributed by atoms with Gasteiger partial charge in [0.2, 0.25) is 0 Å². The topological polar surface area (TPSA) is 131 Å². The SMILES string of the molecule is O=C(N/N=C/c1cc([N+](=O)[O-])ccc1Sc1nc(-c2ccccc2)cc(C(F)(F)F)n1)c1ccccc1O. The van der Waals surface area contributed by atoms with Crippen LogP contribution in [0.2, 0.25) is 0 Å². The Morgan fingerprint density at radius 3 is 2.42 bits per heavy atom. The Hall–Kier alpha value is -4.78. The molecule has 0 saturated carbocycles. The number of aromatic hydroxyl groups is 1. The summed E-state index contributed by atoms with van der Waals surface area (Å²) in [7, 11) is 0. The second-order valence-corrected chi connectivity index (χ2v) is 8.59. The molecule has 38 heavy (non-hydrogen) atoms. The highest BCUT2D eigenvalue weighted by molar-refractivity contribution is 7.99. The van der Waals surface area contributed by atoms with E-state index < -0.39 is 22.7 Å². The zero-order chi connectivity index (χ0) is 27.3. The number of carbonyl (C=O) groups is 1. The molecule has 4 rings (SSSR count). The zero-order valence-electron chi connectivity index (χ0n) is 19.1. The fourth-order valence-electron chi connectivity index (χ4n) is 3.20. The van der Waals surface area contributed by atoms with Gasteiger partial charge in [-0.15, -0.1) is 0 Å². The van der Waals surface area contributed by atoms with Crippen LogP contribution in [0.4, 0.5) is 18.9 Å². The van der Waals surface area contributed by atoms with Crippen molar-refractivity contribution in [3.8, 4) is 17.0 Å². The molecule has 0 fully saturated rings. The second kappa shape index (κ2) is 11.1. The third-order valence-electron chi connectivity index (χ3n) is 4.99. The standard InChI is InChI=1S/C25H16F3N5O4S/c26-25(27,28)22-13-19(15-6-2-1-3-7-15)30-24(31-22)38-21-11-10-17(33(36)37)12-16(21)14-29-32-23(35)18-8-4-5-9-20(18)34/h1-14,34H,(H,32,35)/b29-14+. The van der Waals surface area contributed by atoms with Crippen LogP contribution in [-0.2, 0) is 6.18 Å². The smallest absolute Gasteiger partial charge is 0.433 e. The number of aromatic nitrogens is 2. The van der Waals surface area contributed by atoms with E-state index in [4.69, 9.17) is 0 Å². The van der Waals surface area contributed by atoms with Crippen molar-refractivity contribution in [2.45, 2.75) is 16.2 Å². The van der Waals surface area contributed by atoms with Crippen molar-refractivity contribution >= 4 is 29.6 Å². The first-order valence-corrected chi connectivity index (χ1v) is 11.5. The highest BCUT2D eigenvalue weighted by atomic mass is 32.2. The minimum absolute atomic E-state index is 0.0440. The molecule has 192 valence electrons. The van der Waals surface area contributed by atoms with Gasteiger partial charge in [0.05, 0.1) is 22.4 Å². The molecule has 0 aliphatic rings. The Kier molecular flexibility index (Phi) is 7.67. The summed E-state index contributed by atoms with van der Waals surface area (Å²) in [4.78, 5) is 31.0. The number of hydrazone groups is 1. The van der Waals surface area contributed by atoms with Gasteiger partial charge in [-0.2, -0.15) is 18.3 Å². The van der Waals surface area contributed by atoms with Crippen LogP contribution in [0.15, 0.2) is 94.0 Å². The van der Waals surface area contributed by atoms with E-state index in [1.807, 2.05) is 0 Å². The predicted octanol–water partition coefficient (Wildman–Crippen LogP) is 5.69. The zero-order valence-corrected chi connectivity index (χ0v) is 19.9. The van der Waals surface area contributed by atoms with Gasteiger partial charge in [0.15, 0.2) is 5.16 Å². The first-order valence-electron chi connectivity index (χ1n) is 10.7. The Morgan fingerprint density at radius 1 is 1.03 bits per heavy atom. The number of nitrogens with zero attached hydrogens (tertiary/aromatic N) is 4. The number of para-hydroxylation sites is 1. The number of phenols is 1. The van der Waals surface area contributed by atoms with Gasteiger partial charge in [0.25, 0.3) is 11.6 Å². The lowest BCUT2D eigenvalue weighted by Crippen LogP contribution is -2.17. The van der Waals surface area contributed by atoms with Gasteiger partial charge in [-0.1, -0.05) is 42.5 Å². The number of nitro benzene ring substituents is 1. The van der Waals surface area contributed by atoms with Crippen LogP contribution in [0.1, 0.15) is 21.6 Å². The minimum atomic E-state index is -4.74. The normalized spacial score (nSPS) is 11.4. The Bertz CT molecular complexity index is 1530. The van der Waals surface area contributed by atoms with Crippen LogP contribution in [0.3, 0.4) is 0 Å². The number of carbonyl (C=O) groups excluding carboxylic acids is 1. The number of hydrogen-bond acceptors (Lipinski definition) is 8. The molecule has 1 heterocycles. The molecule has 13 heteroatoms. The van der Waals surface area contributed by atoms with Crippen molar-refractivity contribution in [2.75, 3.05) is 0 Å². The molecule has 1 aromatic heterocycles. The Balaban J connectivity index is 1.68. The maximum Gasteiger partial charge on any atom is 0.433 e. The first kappa shape index (κ1) is 26.3. The van der Waals surface area contributed by atoms with E-state index >= 15 is 0 Å². The molecular formula is C25H16F3N5O4S. The molecular weight excluding hydrogens is 523 g/mol. The summed E-state index contributed by atoms with van der Waals surface area (Å²) in [6.07, 6.45) is -3.65. The molecule has 2 N–H and O–H groups in total. The molecule has 0 saturated heterocycles. The van der Waals surface area contributed by atoms with E-state index in [1.54, 1.807) is 30.3 Å². The third-order valence-corrected chi connectivity index (χ3v) is 5.95. The number of amides is 1. The van der Waals surface area contributed by atoms with E-state index in [0.717, 1.165) is 30.1 Å². The molecule has 0 radical (unpaired) electrons. The van der Waals surface area contributed by atoms with E-state index in [9.17, 15) is 33.2 Å². The van der Waals surface area contributed by atoms with Gasteiger partial charge in [-0.3, -0.25) is 14.9 Å². The number of nitrogens with one attached hydrogen (secondary N) is 1. The molecule has 0 aliphatic heterocycles. The molecule has 0 atom stereocenters. The van der Waals surface area contributed by atoms with E-state index in [0.29, 0.717) is 5.56 Å². The van der Waals surface area contributed by atoms with Crippen LogP contribution in [0, 0.1) is 10.1 Å². The maximum absolute atomic E-state index is 13.6. The molecule has 3 aromatic carbocycles. The predicted molar refractivity (Wildman–Crippen MR) is 133 cm³/mol.